The topological polar surface area (TPSA) is 59.8 Å². The molecule has 3 aromatic rings. The van der Waals surface area contributed by atoms with Gasteiger partial charge in [-0.2, -0.15) is 5.10 Å². The lowest BCUT2D eigenvalue weighted by Crippen LogP contribution is -2.16. The number of hydrogen-bond donors (Lipinski definition) is 1. The summed E-state index contributed by atoms with van der Waals surface area (Å²) >= 11 is 3.22. The van der Waals surface area contributed by atoms with Crippen LogP contribution in [0.4, 0.5) is 10.1 Å². The number of pyridine rings is 1. The molecule has 0 unspecified atom stereocenters. The first-order chi connectivity index (χ1) is 10.6. The Morgan fingerprint density at radius 3 is 2.86 bits per heavy atom. The van der Waals surface area contributed by atoms with E-state index >= 15 is 0 Å². The van der Waals surface area contributed by atoms with Gasteiger partial charge in [-0.3, -0.25) is 4.79 Å². The van der Waals surface area contributed by atoms with Crippen molar-refractivity contribution in [2.75, 3.05) is 5.32 Å². The Morgan fingerprint density at radius 1 is 1.23 bits per heavy atom. The van der Waals surface area contributed by atoms with Gasteiger partial charge in [0.15, 0.2) is 5.82 Å². The second kappa shape index (κ2) is 6.07. The van der Waals surface area contributed by atoms with Crippen molar-refractivity contribution in [1.29, 1.82) is 0 Å². The van der Waals surface area contributed by atoms with Crippen molar-refractivity contribution in [3.63, 3.8) is 0 Å². The number of nitrogens with zero attached hydrogens (tertiary/aromatic N) is 3. The molecular weight excluding hydrogens is 351 g/mol. The normalized spacial score (nSPS) is 10.5. The van der Waals surface area contributed by atoms with Crippen LogP contribution in [0.2, 0.25) is 0 Å². The Labute approximate surface area is 133 Å². The third kappa shape index (κ3) is 2.89. The number of aromatic nitrogens is 3. The second-order valence-electron chi connectivity index (χ2n) is 4.40. The predicted molar refractivity (Wildman–Crippen MR) is 83.4 cm³/mol. The molecule has 22 heavy (non-hydrogen) atoms. The van der Waals surface area contributed by atoms with Gasteiger partial charge in [0, 0.05) is 23.1 Å². The van der Waals surface area contributed by atoms with Gasteiger partial charge in [0.25, 0.3) is 5.91 Å². The number of anilines is 1. The molecule has 0 fully saturated rings. The highest BCUT2D eigenvalue weighted by molar-refractivity contribution is 9.10. The van der Waals surface area contributed by atoms with Gasteiger partial charge < -0.3 is 5.32 Å². The van der Waals surface area contributed by atoms with Crippen LogP contribution in [0.5, 0.6) is 0 Å². The molecule has 1 amide bonds. The smallest absolute Gasteiger partial charge is 0.258 e. The van der Waals surface area contributed by atoms with E-state index in [1.54, 1.807) is 36.8 Å². The maximum atomic E-state index is 13.8. The number of carbonyl (C=O) groups excluding carboxylic acids is 1. The van der Waals surface area contributed by atoms with E-state index in [2.05, 4.69) is 31.3 Å². The minimum absolute atomic E-state index is 0.0513. The highest BCUT2D eigenvalue weighted by Gasteiger charge is 2.15. The highest BCUT2D eigenvalue weighted by atomic mass is 79.9. The minimum atomic E-state index is -0.592. The molecule has 1 aromatic carbocycles. The van der Waals surface area contributed by atoms with Crippen LogP contribution in [0.15, 0.2) is 59.5 Å². The molecule has 5 nitrogen and oxygen atoms in total. The monoisotopic (exact) mass is 360 g/mol. The fourth-order valence-corrected chi connectivity index (χ4v) is 2.29. The molecule has 0 aliphatic carbocycles. The maximum Gasteiger partial charge on any atom is 0.258 e. The van der Waals surface area contributed by atoms with E-state index in [4.69, 9.17) is 0 Å². The first-order valence-electron chi connectivity index (χ1n) is 6.36. The molecular formula is C15H10BrFN4O. The van der Waals surface area contributed by atoms with Crippen molar-refractivity contribution in [1.82, 2.24) is 14.8 Å². The Hall–Kier alpha value is -2.54. The molecule has 0 saturated carbocycles. The number of rotatable bonds is 3. The van der Waals surface area contributed by atoms with Crippen LogP contribution in [0, 0.1) is 5.82 Å². The molecule has 0 bridgehead atoms. The van der Waals surface area contributed by atoms with Gasteiger partial charge in [0.1, 0.15) is 5.82 Å². The molecule has 2 aromatic heterocycles. The summed E-state index contributed by atoms with van der Waals surface area (Å²) in [5.74, 6) is -0.693. The fraction of sp³-hybridized carbons (Fsp3) is 0. The number of amides is 1. The predicted octanol–water partition coefficient (Wildman–Crippen LogP) is 3.42. The number of halogens is 2. The van der Waals surface area contributed by atoms with Crippen LogP contribution in [0.25, 0.3) is 5.82 Å². The van der Waals surface area contributed by atoms with Gasteiger partial charge in [-0.15, -0.1) is 0 Å². The van der Waals surface area contributed by atoms with E-state index in [9.17, 15) is 9.18 Å². The van der Waals surface area contributed by atoms with Crippen LogP contribution < -0.4 is 5.32 Å². The van der Waals surface area contributed by atoms with Crippen molar-refractivity contribution >= 4 is 27.5 Å². The van der Waals surface area contributed by atoms with Crippen molar-refractivity contribution in [2.45, 2.75) is 0 Å². The van der Waals surface area contributed by atoms with E-state index in [-0.39, 0.29) is 5.56 Å². The molecule has 7 heteroatoms. The lowest BCUT2D eigenvalue weighted by atomic mass is 10.2. The van der Waals surface area contributed by atoms with Crippen molar-refractivity contribution in [3.05, 3.63) is 70.8 Å². The van der Waals surface area contributed by atoms with E-state index in [1.807, 2.05) is 0 Å². The first-order valence-corrected chi connectivity index (χ1v) is 7.16. The molecule has 3 rings (SSSR count). The van der Waals surface area contributed by atoms with Crippen molar-refractivity contribution in [2.24, 2.45) is 0 Å². The summed E-state index contributed by atoms with van der Waals surface area (Å²) in [6.07, 6.45) is 4.90. The SMILES string of the molecule is O=C(Nc1cccnc1-n1cccn1)c1cc(Br)ccc1F. The third-order valence-corrected chi connectivity index (χ3v) is 3.42. The maximum absolute atomic E-state index is 13.8. The fourth-order valence-electron chi connectivity index (χ4n) is 1.93. The van der Waals surface area contributed by atoms with Gasteiger partial charge in [0.05, 0.1) is 11.3 Å². The quantitative estimate of drug-likeness (QED) is 0.778. The Bertz CT molecular complexity index is 820. The van der Waals surface area contributed by atoms with Crippen molar-refractivity contribution in [3.8, 4) is 5.82 Å². The summed E-state index contributed by atoms with van der Waals surface area (Å²) in [6, 6.07) is 9.29. The molecule has 0 saturated heterocycles. The Balaban J connectivity index is 1.94. The average molecular weight is 361 g/mol. The van der Waals surface area contributed by atoms with E-state index in [1.165, 1.54) is 22.9 Å². The van der Waals surface area contributed by atoms with Gasteiger partial charge >= 0.3 is 0 Å². The number of nitrogens with one attached hydrogen (secondary N) is 1. The van der Waals surface area contributed by atoms with E-state index in [0.717, 1.165) is 0 Å². The molecule has 1 N–H and O–H groups in total. The van der Waals surface area contributed by atoms with Crippen LogP contribution in [-0.2, 0) is 0 Å². The highest BCUT2D eigenvalue weighted by Crippen LogP contribution is 2.20. The van der Waals surface area contributed by atoms with Crippen LogP contribution in [-0.4, -0.2) is 20.7 Å². The summed E-state index contributed by atoms with van der Waals surface area (Å²) in [7, 11) is 0. The summed E-state index contributed by atoms with van der Waals surface area (Å²) in [5.41, 5.74) is 0.389. The van der Waals surface area contributed by atoms with E-state index in [0.29, 0.717) is 16.0 Å². The van der Waals surface area contributed by atoms with Gasteiger partial charge in [-0.1, -0.05) is 15.9 Å². The average Bonchev–Trinajstić information content (AvgIpc) is 3.04. The molecule has 2 heterocycles. The standard InChI is InChI=1S/C15H10BrFN4O/c16-10-4-5-12(17)11(9-10)15(22)20-13-3-1-6-18-14(13)21-8-2-7-19-21/h1-9H,(H,20,22). The zero-order chi connectivity index (χ0) is 15.5. The summed E-state index contributed by atoms with van der Waals surface area (Å²) in [5, 5.41) is 6.74. The number of carbonyl (C=O) groups is 1. The largest absolute Gasteiger partial charge is 0.319 e. The number of benzene rings is 1. The minimum Gasteiger partial charge on any atom is -0.319 e. The summed E-state index contributed by atoms with van der Waals surface area (Å²) in [4.78, 5) is 16.5. The molecule has 0 aliphatic heterocycles. The Kier molecular flexibility index (Phi) is 3.97. The van der Waals surface area contributed by atoms with Crippen LogP contribution in [0.3, 0.4) is 0 Å². The number of hydrogen-bond acceptors (Lipinski definition) is 3. The molecule has 0 atom stereocenters. The van der Waals surface area contributed by atoms with Crippen LogP contribution in [0.1, 0.15) is 10.4 Å². The van der Waals surface area contributed by atoms with Gasteiger partial charge in [-0.25, -0.2) is 14.1 Å². The van der Waals surface area contributed by atoms with E-state index < -0.39 is 11.7 Å². The van der Waals surface area contributed by atoms with Crippen molar-refractivity contribution < 1.29 is 9.18 Å². The summed E-state index contributed by atoms with van der Waals surface area (Å²) < 4.78 is 15.9. The van der Waals surface area contributed by atoms with Gasteiger partial charge in [-0.05, 0) is 36.4 Å². The third-order valence-electron chi connectivity index (χ3n) is 2.93. The molecule has 0 spiro atoms. The summed E-state index contributed by atoms with van der Waals surface area (Å²) in [6.45, 7) is 0. The Morgan fingerprint density at radius 2 is 2.09 bits per heavy atom. The zero-order valence-electron chi connectivity index (χ0n) is 11.2. The zero-order valence-corrected chi connectivity index (χ0v) is 12.8. The lowest BCUT2D eigenvalue weighted by Gasteiger charge is -2.10. The second-order valence-corrected chi connectivity index (χ2v) is 5.32. The molecule has 110 valence electrons. The molecule has 0 aliphatic rings. The molecule has 0 radical (unpaired) electrons. The first kappa shape index (κ1) is 14.4. The lowest BCUT2D eigenvalue weighted by molar-refractivity contribution is 0.102. The van der Waals surface area contributed by atoms with Crippen LogP contribution >= 0.6 is 15.9 Å². The van der Waals surface area contributed by atoms with Gasteiger partial charge in [0.2, 0.25) is 0 Å².